The molecular formula is C8H11N5. The van der Waals surface area contributed by atoms with Crippen molar-refractivity contribution < 1.29 is 0 Å². The number of nitrogens with two attached hydrogens (primary N) is 1. The first-order chi connectivity index (χ1) is 6.36. The van der Waals surface area contributed by atoms with Crippen LogP contribution >= 0.6 is 0 Å². The van der Waals surface area contributed by atoms with Crippen LogP contribution in [0.2, 0.25) is 0 Å². The first kappa shape index (κ1) is 9.54. The monoisotopic (exact) mass is 177 g/mol. The number of benzene rings is 1. The summed E-state index contributed by atoms with van der Waals surface area (Å²) in [6.45, 7) is 1.04. The molecule has 5 nitrogen and oxygen atoms in total. The Morgan fingerprint density at radius 3 is 2.46 bits per heavy atom. The number of azide groups is 1. The second-order valence-electron chi connectivity index (χ2n) is 2.59. The molecule has 0 aliphatic rings. The van der Waals surface area contributed by atoms with Crippen molar-refractivity contribution in [2.24, 2.45) is 11.0 Å². The molecule has 0 bridgehead atoms. The number of hydrogen-bond donors (Lipinski definition) is 2. The average molecular weight is 177 g/mol. The highest BCUT2D eigenvalue weighted by Gasteiger charge is 1.91. The topological polar surface area (TPSA) is 86.8 Å². The lowest BCUT2D eigenvalue weighted by atomic mass is 10.1. The van der Waals surface area contributed by atoms with E-state index in [0.717, 1.165) is 11.1 Å². The molecule has 0 atom stereocenters. The van der Waals surface area contributed by atoms with Crippen molar-refractivity contribution in [3.63, 3.8) is 0 Å². The van der Waals surface area contributed by atoms with Crippen molar-refractivity contribution in [1.82, 2.24) is 5.43 Å². The maximum absolute atomic E-state index is 8.10. The van der Waals surface area contributed by atoms with Gasteiger partial charge in [-0.05, 0) is 16.7 Å². The Kier molecular flexibility index (Phi) is 3.78. The van der Waals surface area contributed by atoms with Crippen LogP contribution in [0.5, 0.6) is 0 Å². The first-order valence-corrected chi connectivity index (χ1v) is 3.89. The van der Waals surface area contributed by atoms with E-state index in [0.29, 0.717) is 13.1 Å². The van der Waals surface area contributed by atoms with E-state index in [4.69, 9.17) is 11.4 Å². The predicted molar refractivity (Wildman–Crippen MR) is 50.3 cm³/mol. The zero-order valence-electron chi connectivity index (χ0n) is 7.14. The number of hydrazine groups is 1. The minimum Gasteiger partial charge on any atom is -0.271 e. The number of nitrogens with one attached hydrogen (secondary N) is 1. The normalized spacial score (nSPS) is 9.31. The Labute approximate surface area is 76.2 Å². The quantitative estimate of drug-likeness (QED) is 0.240. The minimum absolute atomic E-state index is 0.396. The van der Waals surface area contributed by atoms with Gasteiger partial charge >= 0.3 is 0 Å². The summed E-state index contributed by atoms with van der Waals surface area (Å²) in [6.07, 6.45) is 0. The van der Waals surface area contributed by atoms with Crippen LogP contribution in [-0.2, 0) is 13.1 Å². The fraction of sp³-hybridized carbons (Fsp3) is 0.250. The van der Waals surface area contributed by atoms with E-state index >= 15 is 0 Å². The van der Waals surface area contributed by atoms with Crippen LogP contribution < -0.4 is 11.3 Å². The van der Waals surface area contributed by atoms with E-state index in [-0.39, 0.29) is 0 Å². The van der Waals surface area contributed by atoms with Crippen molar-refractivity contribution in [2.45, 2.75) is 13.1 Å². The lowest BCUT2D eigenvalue weighted by Gasteiger charge is -2.00. The minimum atomic E-state index is 0.396. The molecular weight excluding hydrogens is 166 g/mol. The largest absolute Gasteiger partial charge is 0.271 e. The van der Waals surface area contributed by atoms with Gasteiger partial charge in [-0.2, -0.15) is 0 Å². The SMILES string of the molecule is [N-]=[N+]=NCc1ccc(CNN)cc1. The number of rotatable bonds is 4. The van der Waals surface area contributed by atoms with Gasteiger partial charge in [0.05, 0.1) is 6.54 Å². The molecule has 0 aromatic heterocycles. The molecule has 0 fully saturated rings. The van der Waals surface area contributed by atoms with Gasteiger partial charge in [0.25, 0.3) is 0 Å². The van der Waals surface area contributed by atoms with E-state index in [1.54, 1.807) is 0 Å². The molecule has 1 rings (SSSR count). The summed E-state index contributed by atoms with van der Waals surface area (Å²) in [5.74, 6) is 5.16. The molecule has 0 aliphatic heterocycles. The molecule has 1 aromatic carbocycles. The zero-order valence-corrected chi connectivity index (χ0v) is 7.14. The Morgan fingerprint density at radius 1 is 1.31 bits per heavy atom. The zero-order chi connectivity index (χ0) is 9.52. The van der Waals surface area contributed by atoms with Crippen molar-refractivity contribution in [3.05, 3.63) is 45.8 Å². The van der Waals surface area contributed by atoms with Gasteiger partial charge in [0.1, 0.15) is 0 Å². The second kappa shape index (κ2) is 5.16. The van der Waals surface area contributed by atoms with Crippen LogP contribution in [0.4, 0.5) is 0 Å². The third-order valence-electron chi connectivity index (χ3n) is 1.65. The van der Waals surface area contributed by atoms with Crippen LogP contribution in [0, 0.1) is 0 Å². The molecule has 0 radical (unpaired) electrons. The van der Waals surface area contributed by atoms with Crippen molar-refractivity contribution in [1.29, 1.82) is 0 Å². The molecule has 0 saturated carbocycles. The van der Waals surface area contributed by atoms with E-state index in [9.17, 15) is 0 Å². The fourth-order valence-electron chi connectivity index (χ4n) is 0.994. The summed E-state index contributed by atoms with van der Waals surface area (Å²) in [4.78, 5) is 2.68. The summed E-state index contributed by atoms with van der Waals surface area (Å²) in [6, 6.07) is 7.73. The molecule has 0 saturated heterocycles. The number of nitrogens with zero attached hydrogens (tertiary/aromatic N) is 3. The van der Waals surface area contributed by atoms with Gasteiger partial charge in [-0.15, -0.1) is 0 Å². The van der Waals surface area contributed by atoms with Crippen LogP contribution in [0.3, 0.4) is 0 Å². The Hall–Kier alpha value is -1.55. The average Bonchev–Trinajstić information content (AvgIpc) is 2.17. The van der Waals surface area contributed by atoms with Gasteiger partial charge in [0, 0.05) is 11.5 Å². The molecule has 0 spiro atoms. The highest BCUT2D eigenvalue weighted by atomic mass is 15.2. The van der Waals surface area contributed by atoms with Gasteiger partial charge in [-0.25, -0.2) is 0 Å². The van der Waals surface area contributed by atoms with Crippen LogP contribution in [0.15, 0.2) is 29.4 Å². The summed E-state index contributed by atoms with van der Waals surface area (Å²) in [7, 11) is 0. The first-order valence-electron chi connectivity index (χ1n) is 3.89. The molecule has 5 heteroatoms. The van der Waals surface area contributed by atoms with Gasteiger partial charge < -0.3 is 0 Å². The Bertz CT molecular complexity index is 299. The van der Waals surface area contributed by atoms with Crippen molar-refractivity contribution in [3.8, 4) is 0 Å². The molecule has 0 heterocycles. The molecule has 0 aliphatic carbocycles. The van der Waals surface area contributed by atoms with Gasteiger partial charge in [0.2, 0.25) is 0 Å². The van der Waals surface area contributed by atoms with Gasteiger partial charge in [-0.1, -0.05) is 29.4 Å². The maximum Gasteiger partial charge on any atom is 0.0510 e. The lowest BCUT2D eigenvalue weighted by molar-refractivity contribution is 0.741. The second-order valence-corrected chi connectivity index (χ2v) is 2.59. The summed E-state index contributed by atoms with van der Waals surface area (Å²) >= 11 is 0. The molecule has 0 amide bonds. The third kappa shape index (κ3) is 3.13. The third-order valence-corrected chi connectivity index (χ3v) is 1.65. The molecule has 0 unspecified atom stereocenters. The van der Waals surface area contributed by atoms with E-state index < -0.39 is 0 Å². The fourth-order valence-corrected chi connectivity index (χ4v) is 0.994. The van der Waals surface area contributed by atoms with Gasteiger partial charge in [0.15, 0.2) is 0 Å². The molecule has 1 aromatic rings. The summed E-state index contributed by atoms with van der Waals surface area (Å²) < 4.78 is 0. The highest BCUT2D eigenvalue weighted by molar-refractivity contribution is 5.22. The Morgan fingerprint density at radius 2 is 1.92 bits per heavy atom. The van der Waals surface area contributed by atoms with E-state index in [2.05, 4.69) is 15.5 Å². The molecule has 13 heavy (non-hydrogen) atoms. The predicted octanol–water partition coefficient (Wildman–Crippen LogP) is 1.46. The summed E-state index contributed by atoms with van der Waals surface area (Å²) in [5, 5.41) is 3.46. The van der Waals surface area contributed by atoms with E-state index in [1.165, 1.54) is 0 Å². The van der Waals surface area contributed by atoms with Crippen molar-refractivity contribution in [2.75, 3.05) is 0 Å². The maximum atomic E-state index is 8.10. The van der Waals surface area contributed by atoms with E-state index in [1.807, 2.05) is 24.3 Å². The standard InChI is InChI=1S/C8H11N5/c9-11-5-7-1-3-8(4-2-7)6-12-13-10/h1-4,11H,5-6,9H2. The Balaban J connectivity index is 2.63. The van der Waals surface area contributed by atoms with Crippen LogP contribution in [-0.4, -0.2) is 0 Å². The number of hydrogen-bond acceptors (Lipinski definition) is 3. The summed E-state index contributed by atoms with van der Waals surface area (Å²) in [5.41, 5.74) is 12.8. The lowest BCUT2D eigenvalue weighted by Crippen LogP contribution is -2.20. The van der Waals surface area contributed by atoms with Crippen molar-refractivity contribution >= 4 is 0 Å². The molecule has 68 valence electrons. The highest BCUT2D eigenvalue weighted by Crippen LogP contribution is 2.05. The molecule has 3 N–H and O–H groups in total. The van der Waals surface area contributed by atoms with Crippen LogP contribution in [0.1, 0.15) is 11.1 Å². The smallest absolute Gasteiger partial charge is 0.0510 e. The van der Waals surface area contributed by atoms with Gasteiger partial charge in [-0.3, -0.25) is 11.3 Å². The van der Waals surface area contributed by atoms with Crippen LogP contribution in [0.25, 0.3) is 10.4 Å².